The minimum atomic E-state index is -1.15. The van der Waals surface area contributed by atoms with Crippen LogP contribution in [0.4, 0.5) is 4.39 Å². The van der Waals surface area contributed by atoms with Gasteiger partial charge in [-0.2, -0.15) is 0 Å². The predicted octanol–water partition coefficient (Wildman–Crippen LogP) is 2.66. The highest BCUT2D eigenvalue weighted by Gasteiger charge is 2.05. The fourth-order valence-electron chi connectivity index (χ4n) is 0.997. The SMILES string of the molecule is O=C(O)c1cc(F)cc(C#CCCBr)c1. The molecule has 0 atom stereocenters. The van der Waals surface area contributed by atoms with E-state index in [1.165, 1.54) is 12.1 Å². The summed E-state index contributed by atoms with van der Waals surface area (Å²) >= 11 is 3.20. The molecule has 15 heavy (non-hydrogen) atoms. The molecule has 0 aliphatic carbocycles. The van der Waals surface area contributed by atoms with E-state index in [9.17, 15) is 9.18 Å². The third-order valence-electron chi connectivity index (χ3n) is 1.60. The quantitative estimate of drug-likeness (QED) is 0.663. The molecule has 0 fully saturated rings. The van der Waals surface area contributed by atoms with Crippen LogP contribution < -0.4 is 0 Å². The van der Waals surface area contributed by atoms with Crippen LogP contribution in [0.3, 0.4) is 0 Å². The summed E-state index contributed by atoms with van der Waals surface area (Å²) in [5.41, 5.74) is 0.298. The number of hydrogen-bond acceptors (Lipinski definition) is 1. The van der Waals surface area contributed by atoms with Gasteiger partial charge in [-0.05, 0) is 18.2 Å². The van der Waals surface area contributed by atoms with Gasteiger partial charge in [-0.1, -0.05) is 27.8 Å². The molecule has 0 saturated carbocycles. The third-order valence-corrected chi connectivity index (χ3v) is 1.99. The van der Waals surface area contributed by atoms with Crippen LogP contribution in [0.15, 0.2) is 18.2 Å². The van der Waals surface area contributed by atoms with Crippen molar-refractivity contribution in [3.63, 3.8) is 0 Å². The minimum Gasteiger partial charge on any atom is -0.478 e. The van der Waals surface area contributed by atoms with Gasteiger partial charge in [-0.3, -0.25) is 0 Å². The third kappa shape index (κ3) is 3.72. The van der Waals surface area contributed by atoms with Gasteiger partial charge in [0.2, 0.25) is 0 Å². The van der Waals surface area contributed by atoms with Gasteiger partial charge >= 0.3 is 5.97 Å². The molecule has 0 heterocycles. The van der Waals surface area contributed by atoms with Crippen LogP contribution in [0.25, 0.3) is 0 Å². The smallest absolute Gasteiger partial charge is 0.335 e. The molecule has 0 spiro atoms. The van der Waals surface area contributed by atoms with E-state index in [-0.39, 0.29) is 5.56 Å². The Morgan fingerprint density at radius 1 is 1.47 bits per heavy atom. The molecule has 4 heteroatoms. The maximum absolute atomic E-state index is 13.0. The Bertz CT molecular complexity index is 432. The van der Waals surface area contributed by atoms with Crippen LogP contribution in [0.5, 0.6) is 0 Å². The highest BCUT2D eigenvalue weighted by atomic mass is 79.9. The minimum absolute atomic E-state index is 0.0851. The zero-order chi connectivity index (χ0) is 11.3. The summed E-state index contributed by atoms with van der Waals surface area (Å²) in [4.78, 5) is 10.6. The summed E-state index contributed by atoms with van der Waals surface area (Å²) in [6.45, 7) is 0. The van der Waals surface area contributed by atoms with E-state index in [0.29, 0.717) is 12.0 Å². The maximum atomic E-state index is 13.0. The fourth-order valence-corrected chi connectivity index (χ4v) is 1.20. The van der Waals surface area contributed by atoms with Crippen LogP contribution in [0.2, 0.25) is 0 Å². The molecule has 1 aromatic rings. The Hall–Kier alpha value is -1.34. The Labute approximate surface area is 95.2 Å². The van der Waals surface area contributed by atoms with Crippen LogP contribution in [0.1, 0.15) is 22.3 Å². The molecule has 1 rings (SSSR count). The molecule has 0 amide bonds. The second-order valence-corrected chi connectivity index (χ2v) is 3.57. The first-order valence-electron chi connectivity index (χ1n) is 4.22. The van der Waals surface area contributed by atoms with E-state index in [0.717, 1.165) is 11.4 Å². The van der Waals surface area contributed by atoms with E-state index < -0.39 is 11.8 Å². The molecule has 0 saturated heterocycles. The van der Waals surface area contributed by atoms with Crippen LogP contribution in [0, 0.1) is 17.7 Å². The number of benzene rings is 1. The van der Waals surface area contributed by atoms with Crippen molar-refractivity contribution in [3.8, 4) is 11.8 Å². The first-order valence-corrected chi connectivity index (χ1v) is 5.34. The number of carboxylic acids is 1. The second kappa shape index (κ2) is 5.52. The molecule has 0 aromatic heterocycles. The summed E-state index contributed by atoms with van der Waals surface area (Å²) in [7, 11) is 0. The summed E-state index contributed by atoms with van der Waals surface area (Å²) in [5, 5.41) is 9.42. The Morgan fingerprint density at radius 2 is 2.20 bits per heavy atom. The molecule has 1 N–H and O–H groups in total. The van der Waals surface area contributed by atoms with Crippen molar-refractivity contribution in [3.05, 3.63) is 35.1 Å². The van der Waals surface area contributed by atoms with E-state index in [1.807, 2.05) is 0 Å². The van der Waals surface area contributed by atoms with Gasteiger partial charge in [0.25, 0.3) is 0 Å². The molecule has 0 radical (unpaired) electrons. The van der Waals surface area contributed by atoms with Gasteiger partial charge in [-0.15, -0.1) is 0 Å². The maximum Gasteiger partial charge on any atom is 0.335 e. The lowest BCUT2D eigenvalue weighted by molar-refractivity contribution is 0.0696. The first-order chi connectivity index (χ1) is 7.13. The lowest BCUT2D eigenvalue weighted by atomic mass is 10.1. The number of hydrogen-bond donors (Lipinski definition) is 1. The Morgan fingerprint density at radius 3 is 2.80 bits per heavy atom. The van der Waals surface area contributed by atoms with E-state index in [1.54, 1.807) is 0 Å². The summed E-state index contributed by atoms with van der Waals surface area (Å²) in [6, 6.07) is 3.54. The standard InChI is InChI=1S/C11H8BrFO2/c12-4-2-1-3-8-5-9(11(14)15)7-10(13)6-8/h5-7H,2,4H2,(H,14,15). The number of carbonyl (C=O) groups is 1. The molecule has 0 aliphatic rings. The average Bonchev–Trinajstić information content (AvgIpc) is 2.17. The molecule has 0 bridgehead atoms. The van der Waals surface area contributed by atoms with Gasteiger partial charge in [0.1, 0.15) is 5.82 Å². The zero-order valence-corrected chi connectivity index (χ0v) is 9.34. The molecule has 1 aromatic carbocycles. The number of aromatic carboxylic acids is 1. The van der Waals surface area contributed by atoms with E-state index in [2.05, 4.69) is 27.8 Å². The molecule has 78 valence electrons. The van der Waals surface area contributed by atoms with Crippen molar-refractivity contribution in [2.24, 2.45) is 0 Å². The van der Waals surface area contributed by atoms with Gasteiger partial charge < -0.3 is 5.11 Å². The van der Waals surface area contributed by atoms with E-state index in [4.69, 9.17) is 5.11 Å². The first kappa shape index (κ1) is 11.7. The lowest BCUT2D eigenvalue weighted by Crippen LogP contribution is -1.97. The summed E-state index contributed by atoms with van der Waals surface area (Å²) in [6.07, 6.45) is 0.638. The second-order valence-electron chi connectivity index (χ2n) is 2.77. The summed E-state index contributed by atoms with van der Waals surface area (Å²) < 4.78 is 13.0. The fraction of sp³-hybridized carbons (Fsp3) is 0.182. The number of alkyl halides is 1. The number of halogens is 2. The molecule has 2 nitrogen and oxygen atoms in total. The lowest BCUT2D eigenvalue weighted by Gasteiger charge is -1.96. The van der Waals surface area contributed by atoms with Crippen molar-refractivity contribution in [2.45, 2.75) is 6.42 Å². The van der Waals surface area contributed by atoms with Crippen LogP contribution in [-0.2, 0) is 0 Å². The largest absolute Gasteiger partial charge is 0.478 e. The topological polar surface area (TPSA) is 37.3 Å². The van der Waals surface area contributed by atoms with Crippen LogP contribution in [-0.4, -0.2) is 16.4 Å². The molecule has 0 unspecified atom stereocenters. The van der Waals surface area contributed by atoms with Crippen LogP contribution >= 0.6 is 15.9 Å². The van der Waals surface area contributed by atoms with E-state index >= 15 is 0 Å². The average molecular weight is 271 g/mol. The van der Waals surface area contributed by atoms with Gasteiger partial charge in [0, 0.05) is 17.3 Å². The van der Waals surface area contributed by atoms with Crippen molar-refractivity contribution in [1.82, 2.24) is 0 Å². The van der Waals surface area contributed by atoms with Crippen molar-refractivity contribution < 1.29 is 14.3 Å². The predicted molar refractivity (Wildman–Crippen MR) is 58.6 cm³/mol. The normalized spacial score (nSPS) is 9.20. The van der Waals surface area contributed by atoms with Crippen molar-refractivity contribution >= 4 is 21.9 Å². The number of rotatable bonds is 2. The van der Waals surface area contributed by atoms with Gasteiger partial charge in [0.15, 0.2) is 0 Å². The highest BCUT2D eigenvalue weighted by Crippen LogP contribution is 2.08. The monoisotopic (exact) mass is 270 g/mol. The molecular weight excluding hydrogens is 263 g/mol. The van der Waals surface area contributed by atoms with Crippen molar-refractivity contribution in [2.75, 3.05) is 5.33 Å². The van der Waals surface area contributed by atoms with Gasteiger partial charge in [-0.25, -0.2) is 9.18 Å². The van der Waals surface area contributed by atoms with Gasteiger partial charge in [0.05, 0.1) is 5.56 Å². The van der Waals surface area contributed by atoms with Crippen molar-refractivity contribution in [1.29, 1.82) is 0 Å². The highest BCUT2D eigenvalue weighted by molar-refractivity contribution is 9.09. The summed E-state index contributed by atoms with van der Waals surface area (Å²) in [5.74, 6) is 3.75. The Kier molecular flexibility index (Phi) is 4.32. The number of carboxylic acid groups (broad SMARTS) is 1. The Balaban J connectivity index is 3.00. The molecule has 0 aliphatic heterocycles. The molecular formula is C11H8BrFO2. The zero-order valence-electron chi connectivity index (χ0n) is 7.76.